The fraction of sp³-hybridized carbons (Fsp3) is 1.00. The summed E-state index contributed by atoms with van der Waals surface area (Å²) in [6.07, 6.45) is 9.09. The van der Waals surface area contributed by atoms with Crippen LogP contribution in [0.15, 0.2) is 0 Å². The van der Waals surface area contributed by atoms with Gasteiger partial charge in [0.2, 0.25) is 0 Å². The molecule has 0 aromatic rings. The fourth-order valence-corrected chi connectivity index (χ4v) is 4.61. The molecule has 0 bridgehead atoms. The molecule has 2 heterocycles. The van der Waals surface area contributed by atoms with Gasteiger partial charge in [0.1, 0.15) is 0 Å². The lowest BCUT2D eigenvalue weighted by Gasteiger charge is -2.43. The van der Waals surface area contributed by atoms with Gasteiger partial charge < -0.3 is 9.84 Å². The molecule has 2 nitrogen and oxygen atoms in total. The number of ether oxygens (including phenoxy) is 1. The Balaban J connectivity index is 1.76. The van der Waals surface area contributed by atoms with Gasteiger partial charge in [-0.25, -0.2) is 0 Å². The monoisotopic (exact) mass is 272 g/mol. The third-order valence-corrected chi connectivity index (χ3v) is 5.51. The first kappa shape index (κ1) is 14.7. The van der Waals surface area contributed by atoms with Gasteiger partial charge in [-0.15, -0.1) is 0 Å². The van der Waals surface area contributed by atoms with Crippen LogP contribution < -0.4 is 0 Å². The smallest absolute Gasteiger partial charge is 0.0700 e. The van der Waals surface area contributed by atoms with Crippen LogP contribution in [0.4, 0.5) is 0 Å². The molecule has 1 spiro atoms. The van der Waals surface area contributed by atoms with Crippen molar-refractivity contribution in [2.24, 2.45) is 5.92 Å². The van der Waals surface area contributed by atoms with Gasteiger partial charge >= 0.3 is 0 Å². The van der Waals surface area contributed by atoms with Crippen molar-refractivity contribution >= 4 is 11.8 Å². The van der Waals surface area contributed by atoms with E-state index >= 15 is 0 Å². The summed E-state index contributed by atoms with van der Waals surface area (Å²) < 4.78 is 6.12. The summed E-state index contributed by atoms with van der Waals surface area (Å²) in [5.74, 6) is 3.32. The Morgan fingerprint density at radius 2 is 2.11 bits per heavy atom. The van der Waals surface area contributed by atoms with E-state index in [0.717, 1.165) is 31.8 Å². The van der Waals surface area contributed by atoms with Gasteiger partial charge in [-0.05, 0) is 62.4 Å². The normalized spacial score (nSPS) is 29.3. The predicted molar refractivity (Wildman–Crippen MR) is 78.1 cm³/mol. The van der Waals surface area contributed by atoms with Crippen LogP contribution in [0, 0.1) is 5.92 Å². The largest absolute Gasteiger partial charge is 0.393 e. The molecule has 0 amide bonds. The van der Waals surface area contributed by atoms with Crippen molar-refractivity contribution in [3.8, 4) is 0 Å². The van der Waals surface area contributed by atoms with E-state index in [0.29, 0.717) is 0 Å². The van der Waals surface area contributed by atoms with Crippen LogP contribution in [-0.2, 0) is 4.74 Å². The van der Waals surface area contributed by atoms with Crippen LogP contribution in [0.1, 0.15) is 58.3 Å². The van der Waals surface area contributed by atoms with Crippen molar-refractivity contribution in [3.05, 3.63) is 0 Å². The lowest BCUT2D eigenvalue weighted by Crippen LogP contribution is -2.42. The Hall–Kier alpha value is 0.270. The minimum absolute atomic E-state index is 0.0734. The first-order valence-corrected chi connectivity index (χ1v) is 8.79. The minimum Gasteiger partial charge on any atom is -0.393 e. The summed E-state index contributed by atoms with van der Waals surface area (Å²) in [7, 11) is 0. The molecule has 2 saturated heterocycles. The third-order valence-electron chi connectivity index (χ3n) is 4.53. The number of aliphatic hydroxyl groups is 1. The van der Waals surface area contributed by atoms with Crippen LogP contribution >= 0.6 is 11.8 Å². The van der Waals surface area contributed by atoms with Crippen LogP contribution in [0.2, 0.25) is 0 Å². The van der Waals surface area contributed by atoms with Crippen molar-refractivity contribution in [2.45, 2.75) is 70.0 Å². The molecule has 0 saturated carbocycles. The molecule has 0 aromatic heterocycles. The van der Waals surface area contributed by atoms with E-state index in [1.54, 1.807) is 0 Å². The molecule has 2 aliphatic heterocycles. The van der Waals surface area contributed by atoms with Gasteiger partial charge in [-0.2, -0.15) is 11.8 Å². The molecule has 106 valence electrons. The second-order valence-corrected chi connectivity index (χ2v) is 7.25. The van der Waals surface area contributed by atoms with Crippen molar-refractivity contribution in [3.63, 3.8) is 0 Å². The molecule has 0 aromatic carbocycles. The van der Waals surface area contributed by atoms with Crippen LogP contribution in [0.3, 0.4) is 0 Å². The Morgan fingerprint density at radius 3 is 2.83 bits per heavy atom. The van der Waals surface area contributed by atoms with E-state index in [9.17, 15) is 5.11 Å². The Bertz CT molecular complexity index is 233. The maximum absolute atomic E-state index is 9.85. The average Bonchev–Trinajstić information content (AvgIpc) is 2.38. The van der Waals surface area contributed by atoms with Crippen molar-refractivity contribution in [2.75, 3.05) is 18.1 Å². The molecule has 2 fully saturated rings. The van der Waals surface area contributed by atoms with Crippen LogP contribution in [0.25, 0.3) is 0 Å². The maximum Gasteiger partial charge on any atom is 0.0700 e. The number of thioether (sulfide) groups is 1. The van der Waals surface area contributed by atoms with Crippen molar-refractivity contribution in [1.82, 2.24) is 0 Å². The zero-order valence-corrected chi connectivity index (χ0v) is 12.5. The van der Waals surface area contributed by atoms with Gasteiger partial charge in [0.05, 0.1) is 11.7 Å². The van der Waals surface area contributed by atoms with Gasteiger partial charge in [0.15, 0.2) is 0 Å². The molecule has 2 atom stereocenters. The van der Waals surface area contributed by atoms with Gasteiger partial charge in [0.25, 0.3) is 0 Å². The molecular formula is C15H28O2S. The van der Waals surface area contributed by atoms with Gasteiger partial charge in [-0.3, -0.25) is 0 Å². The van der Waals surface area contributed by atoms with Gasteiger partial charge in [0, 0.05) is 6.61 Å². The molecule has 3 heteroatoms. The summed E-state index contributed by atoms with van der Waals surface area (Å²) in [5.41, 5.74) is 0.212. The van der Waals surface area contributed by atoms with E-state index in [2.05, 4.69) is 18.7 Å². The van der Waals surface area contributed by atoms with Crippen LogP contribution in [0.5, 0.6) is 0 Å². The molecule has 2 rings (SSSR count). The Kier molecular flexibility index (Phi) is 5.84. The zero-order valence-electron chi connectivity index (χ0n) is 11.7. The topological polar surface area (TPSA) is 29.5 Å². The van der Waals surface area contributed by atoms with Crippen molar-refractivity contribution in [1.29, 1.82) is 0 Å². The molecule has 0 radical (unpaired) electrons. The summed E-state index contributed by atoms with van der Waals surface area (Å²) in [6.45, 7) is 3.09. The number of rotatable bonds is 5. The lowest BCUT2D eigenvalue weighted by atomic mass is 9.79. The maximum atomic E-state index is 9.85. The van der Waals surface area contributed by atoms with Crippen LogP contribution in [-0.4, -0.2) is 34.9 Å². The average molecular weight is 272 g/mol. The molecule has 18 heavy (non-hydrogen) atoms. The summed E-state index contributed by atoms with van der Waals surface area (Å²) >= 11 is 2.07. The summed E-state index contributed by atoms with van der Waals surface area (Å²) in [5, 5.41) is 9.85. The highest BCUT2D eigenvalue weighted by molar-refractivity contribution is 7.99. The molecule has 2 aliphatic rings. The fourth-order valence-electron chi connectivity index (χ4n) is 3.37. The SMILES string of the molecule is CCCC(O)CCC1CCOC2(CCSCC2)C1. The highest BCUT2D eigenvalue weighted by atomic mass is 32.2. The zero-order chi connectivity index (χ0) is 12.8. The van der Waals surface area contributed by atoms with E-state index in [1.165, 1.54) is 43.6 Å². The molecule has 0 aliphatic carbocycles. The second kappa shape index (κ2) is 7.16. The minimum atomic E-state index is -0.0734. The van der Waals surface area contributed by atoms with Crippen molar-refractivity contribution < 1.29 is 9.84 Å². The van der Waals surface area contributed by atoms with Gasteiger partial charge in [-0.1, -0.05) is 13.3 Å². The standard InChI is InChI=1S/C15H28O2S/c1-2-3-14(16)5-4-13-6-9-17-15(12-13)7-10-18-11-8-15/h13-14,16H,2-12H2,1H3. The van der Waals surface area contributed by atoms with E-state index in [1.807, 2.05) is 0 Å². The highest BCUT2D eigenvalue weighted by Gasteiger charge is 2.38. The first-order chi connectivity index (χ1) is 8.74. The first-order valence-electron chi connectivity index (χ1n) is 7.64. The third kappa shape index (κ3) is 4.14. The Labute approximate surface area is 116 Å². The lowest BCUT2D eigenvalue weighted by molar-refractivity contribution is -0.104. The van der Waals surface area contributed by atoms with E-state index < -0.39 is 0 Å². The summed E-state index contributed by atoms with van der Waals surface area (Å²) in [6, 6.07) is 0. The predicted octanol–water partition coefficient (Wildman–Crippen LogP) is 3.62. The number of aliphatic hydroxyl groups excluding tert-OH is 1. The number of hydrogen-bond donors (Lipinski definition) is 1. The quantitative estimate of drug-likeness (QED) is 0.829. The van der Waals surface area contributed by atoms with E-state index in [4.69, 9.17) is 4.74 Å². The second-order valence-electron chi connectivity index (χ2n) is 6.02. The summed E-state index contributed by atoms with van der Waals surface area (Å²) in [4.78, 5) is 0. The van der Waals surface area contributed by atoms with E-state index in [-0.39, 0.29) is 11.7 Å². The molecule has 2 unspecified atom stereocenters. The Morgan fingerprint density at radius 1 is 1.33 bits per heavy atom. The molecular weight excluding hydrogens is 244 g/mol. The highest BCUT2D eigenvalue weighted by Crippen LogP contribution is 2.41. The molecule has 1 N–H and O–H groups in total. The number of hydrogen-bond acceptors (Lipinski definition) is 3.